The van der Waals surface area contributed by atoms with E-state index in [1.165, 1.54) is 11.3 Å². The van der Waals surface area contributed by atoms with Gasteiger partial charge in [0, 0.05) is 0 Å². The molecule has 0 aliphatic heterocycles. The number of hydrogen-bond donors (Lipinski definition) is 1. The molecule has 1 heterocycles. The summed E-state index contributed by atoms with van der Waals surface area (Å²) in [5.41, 5.74) is 1.02. The number of hydrogen-bond acceptors (Lipinski definition) is 3. The molecule has 0 aliphatic carbocycles. The van der Waals surface area contributed by atoms with E-state index in [1.807, 2.05) is 48.7 Å². The third kappa shape index (κ3) is 3.34. The highest BCUT2D eigenvalue weighted by Crippen LogP contribution is 2.14. The van der Waals surface area contributed by atoms with Gasteiger partial charge in [0.05, 0.1) is 11.4 Å². The monoisotopic (exact) mass is 261 g/mol. The Labute approximate surface area is 110 Å². The number of aryl methyl sites for hydroxylation is 1. The molecule has 0 atom stereocenters. The summed E-state index contributed by atoms with van der Waals surface area (Å²) < 4.78 is 5.49. The highest BCUT2D eigenvalue weighted by atomic mass is 32.1. The lowest BCUT2D eigenvalue weighted by Crippen LogP contribution is -2.27. The van der Waals surface area contributed by atoms with Crippen molar-refractivity contribution in [3.8, 4) is 5.75 Å². The van der Waals surface area contributed by atoms with Crippen LogP contribution in [-0.4, -0.2) is 19.1 Å². The molecular weight excluding hydrogens is 246 g/mol. The van der Waals surface area contributed by atoms with Gasteiger partial charge in [0.1, 0.15) is 12.4 Å². The van der Waals surface area contributed by atoms with Gasteiger partial charge in [0.2, 0.25) is 0 Å². The maximum Gasteiger partial charge on any atom is 0.261 e. The van der Waals surface area contributed by atoms with Gasteiger partial charge in [-0.3, -0.25) is 4.79 Å². The Balaban J connectivity index is 1.73. The molecule has 0 saturated carbocycles. The summed E-state index contributed by atoms with van der Waals surface area (Å²) in [4.78, 5) is 12.6. The highest BCUT2D eigenvalue weighted by Gasteiger charge is 2.09. The predicted molar refractivity (Wildman–Crippen MR) is 73.3 cm³/mol. The van der Waals surface area contributed by atoms with Crippen LogP contribution >= 0.6 is 11.3 Å². The number of rotatable bonds is 5. The quantitative estimate of drug-likeness (QED) is 0.840. The standard InChI is InChI=1S/C14H15NO2S/c1-11-7-10-18-13(11)14(16)15-8-9-17-12-5-3-2-4-6-12/h2-7,10H,8-9H2,1H3,(H,15,16). The number of thiophene rings is 1. The minimum Gasteiger partial charge on any atom is -0.492 e. The molecule has 0 fully saturated rings. The van der Waals surface area contributed by atoms with Crippen molar-refractivity contribution in [2.45, 2.75) is 6.92 Å². The van der Waals surface area contributed by atoms with Crippen LogP contribution in [0.25, 0.3) is 0 Å². The molecule has 0 unspecified atom stereocenters. The maximum absolute atomic E-state index is 11.8. The molecule has 0 saturated heterocycles. The third-order valence-corrected chi connectivity index (χ3v) is 3.48. The molecule has 94 valence electrons. The van der Waals surface area contributed by atoms with Gasteiger partial charge in [-0.25, -0.2) is 0 Å². The van der Waals surface area contributed by atoms with E-state index in [2.05, 4.69) is 5.32 Å². The van der Waals surface area contributed by atoms with E-state index in [1.54, 1.807) is 0 Å². The summed E-state index contributed by atoms with van der Waals surface area (Å²) >= 11 is 1.46. The van der Waals surface area contributed by atoms with Crippen molar-refractivity contribution in [3.63, 3.8) is 0 Å². The van der Waals surface area contributed by atoms with E-state index in [0.29, 0.717) is 13.2 Å². The lowest BCUT2D eigenvalue weighted by molar-refractivity contribution is 0.0950. The zero-order chi connectivity index (χ0) is 12.8. The minimum absolute atomic E-state index is 0.0286. The third-order valence-electron chi connectivity index (χ3n) is 2.47. The number of para-hydroxylation sites is 1. The van der Waals surface area contributed by atoms with Crippen LogP contribution in [0.3, 0.4) is 0 Å². The molecule has 0 bridgehead atoms. The molecule has 1 amide bonds. The lowest BCUT2D eigenvalue weighted by Gasteiger charge is -2.07. The second-order valence-electron chi connectivity index (χ2n) is 3.85. The Kier molecular flexibility index (Phi) is 4.36. The van der Waals surface area contributed by atoms with Crippen LogP contribution in [0, 0.1) is 6.92 Å². The molecule has 1 aromatic heterocycles. The Bertz CT molecular complexity index is 508. The Morgan fingerprint density at radius 2 is 2.06 bits per heavy atom. The number of amides is 1. The molecule has 18 heavy (non-hydrogen) atoms. The first-order chi connectivity index (χ1) is 8.77. The molecule has 0 aliphatic rings. The fourth-order valence-electron chi connectivity index (χ4n) is 1.54. The molecule has 1 N–H and O–H groups in total. The van der Waals surface area contributed by atoms with Crippen molar-refractivity contribution in [2.24, 2.45) is 0 Å². The van der Waals surface area contributed by atoms with Gasteiger partial charge in [-0.1, -0.05) is 18.2 Å². The van der Waals surface area contributed by atoms with Crippen molar-refractivity contribution in [2.75, 3.05) is 13.2 Å². The van der Waals surface area contributed by atoms with E-state index >= 15 is 0 Å². The first-order valence-electron chi connectivity index (χ1n) is 5.77. The van der Waals surface area contributed by atoms with E-state index in [-0.39, 0.29) is 5.91 Å². The topological polar surface area (TPSA) is 38.3 Å². The van der Waals surface area contributed by atoms with Crippen molar-refractivity contribution < 1.29 is 9.53 Å². The van der Waals surface area contributed by atoms with Crippen molar-refractivity contribution in [1.82, 2.24) is 5.32 Å². The van der Waals surface area contributed by atoms with E-state index in [9.17, 15) is 4.79 Å². The average Bonchev–Trinajstić information content (AvgIpc) is 2.82. The van der Waals surface area contributed by atoms with Crippen LogP contribution in [0.15, 0.2) is 41.8 Å². The summed E-state index contributed by atoms with van der Waals surface area (Å²) in [6.07, 6.45) is 0. The van der Waals surface area contributed by atoms with Crippen LogP contribution in [0.5, 0.6) is 5.75 Å². The van der Waals surface area contributed by atoms with Crippen molar-refractivity contribution in [3.05, 3.63) is 52.2 Å². The minimum atomic E-state index is -0.0286. The normalized spacial score (nSPS) is 10.1. The number of ether oxygens (including phenoxy) is 1. The molecular formula is C14H15NO2S. The van der Waals surface area contributed by atoms with Crippen molar-refractivity contribution in [1.29, 1.82) is 0 Å². The molecule has 1 aromatic carbocycles. The summed E-state index contributed by atoms with van der Waals surface area (Å²) in [7, 11) is 0. The SMILES string of the molecule is Cc1ccsc1C(=O)NCCOc1ccccc1. The Morgan fingerprint density at radius 1 is 1.28 bits per heavy atom. The smallest absolute Gasteiger partial charge is 0.261 e. The van der Waals surface area contributed by atoms with E-state index in [0.717, 1.165) is 16.2 Å². The zero-order valence-electron chi connectivity index (χ0n) is 10.2. The van der Waals surface area contributed by atoms with Gasteiger partial charge >= 0.3 is 0 Å². The van der Waals surface area contributed by atoms with Crippen LogP contribution in [0.1, 0.15) is 15.2 Å². The second-order valence-corrected chi connectivity index (χ2v) is 4.77. The summed E-state index contributed by atoms with van der Waals surface area (Å²) in [5, 5.41) is 4.76. The fourth-order valence-corrected chi connectivity index (χ4v) is 2.38. The fraction of sp³-hybridized carbons (Fsp3) is 0.214. The van der Waals surface area contributed by atoms with Crippen LogP contribution < -0.4 is 10.1 Å². The average molecular weight is 261 g/mol. The van der Waals surface area contributed by atoms with Crippen LogP contribution in [0.4, 0.5) is 0 Å². The van der Waals surface area contributed by atoms with Gasteiger partial charge in [0.15, 0.2) is 0 Å². The number of carbonyl (C=O) groups excluding carboxylic acids is 1. The van der Waals surface area contributed by atoms with Crippen LogP contribution in [0.2, 0.25) is 0 Å². The summed E-state index contributed by atoms with van der Waals surface area (Å²) in [6.45, 7) is 2.91. The Hall–Kier alpha value is -1.81. The molecule has 0 radical (unpaired) electrons. The number of benzene rings is 1. The predicted octanol–water partition coefficient (Wildman–Crippen LogP) is 2.87. The first kappa shape index (κ1) is 12.6. The zero-order valence-corrected chi connectivity index (χ0v) is 11.0. The lowest BCUT2D eigenvalue weighted by atomic mass is 10.3. The molecule has 0 spiro atoms. The largest absolute Gasteiger partial charge is 0.492 e. The van der Waals surface area contributed by atoms with Gasteiger partial charge in [0.25, 0.3) is 5.91 Å². The highest BCUT2D eigenvalue weighted by molar-refractivity contribution is 7.12. The summed E-state index contributed by atoms with van der Waals surface area (Å²) in [6, 6.07) is 11.5. The molecule has 2 rings (SSSR count). The van der Waals surface area contributed by atoms with Gasteiger partial charge < -0.3 is 10.1 Å². The van der Waals surface area contributed by atoms with E-state index in [4.69, 9.17) is 4.74 Å². The first-order valence-corrected chi connectivity index (χ1v) is 6.65. The van der Waals surface area contributed by atoms with Crippen LogP contribution in [-0.2, 0) is 0 Å². The van der Waals surface area contributed by atoms with Gasteiger partial charge in [-0.15, -0.1) is 11.3 Å². The van der Waals surface area contributed by atoms with E-state index < -0.39 is 0 Å². The molecule has 3 nitrogen and oxygen atoms in total. The number of carbonyl (C=O) groups is 1. The molecule has 2 aromatic rings. The second kappa shape index (κ2) is 6.21. The maximum atomic E-state index is 11.8. The van der Waals surface area contributed by atoms with Gasteiger partial charge in [-0.2, -0.15) is 0 Å². The number of nitrogens with one attached hydrogen (secondary N) is 1. The Morgan fingerprint density at radius 3 is 2.72 bits per heavy atom. The van der Waals surface area contributed by atoms with Crippen molar-refractivity contribution >= 4 is 17.2 Å². The van der Waals surface area contributed by atoms with Gasteiger partial charge in [-0.05, 0) is 36.1 Å². The molecule has 4 heteroatoms. The summed E-state index contributed by atoms with van der Waals surface area (Å²) in [5.74, 6) is 0.790.